The zero-order chi connectivity index (χ0) is 34.2. The van der Waals surface area contributed by atoms with Crippen molar-refractivity contribution in [3.8, 4) is 16.8 Å². The van der Waals surface area contributed by atoms with Gasteiger partial charge in [-0.15, -0.1) is 11.3 Å². The van der Waals surface area contributed by atoms with Crippen molar-refractivity contribution in [3.63, 3.8) is 0 Å². The minimum Gasteiger partial charge on any atom is -0.456 e. The largest absolute Gasteiger partial charge is 0.456 e. The number of rotatable bonds is 5. The molecule has 11 rings (SSSR count). The summed E-state index contributed by atoms with van der Waals surface area (Å²) in [7, 11) is 0. The SMILES string of the molecule is c1ccc(-n2c3ccccc3c3ccc(-c4ccc(N(c5ccc6sc7ccccc7c6c5)c5cccc6oc7ccccc7c56)cc4)cc32)cc1. The van der Waals surface area contributed by atoms with Crippen LogP contribution in [0.5, 0.6) is 0 Å². The first-order chi connectivity index (χ1) is 25.8. The lowest BCUT2D eigenvalue weighted by Crippen LogP contribution is -2.10. The molecule has 4 heteroatoms. The number of hydrogen-bond acceptors (Lipinski definition) is 3. The molecule has 0 aliphatic carbocycles. The summed E-state index contributed by atoms with van der Waals surface area (Å²) in [5.41, 5.74) is 11.0. The van der Waals surface area contributed by atoms with Gasteiger partial charge in [-0.2, -0.15) is 0 Å². The Morgan fingerprint density at radius 3 is 1.98 bits per heavy atom. The van der Waals surface area contributed by atoms with Crippen LogP contribution in [0.15, 0.2) is 186 Å². The fourth-order valence-electron chi connectivity index (χ4n) is 8.03. The van der Waals surface area contributed by atoms with Crippen LogP contribution in [0.25, 0.3) is 80.7 Å². The predicted molar refractivity (Wildman–Crippen MR) is 221 cm³/mol. The third-order valence-electron chi connectivity index (χ3n) is 10.4. The molecule has 0 radical (unpaired) electrons. The van der Waals surface area contributed by atoms with Gasteiger partial charge in [-0.25, -0.2) is 0 Å². The minimum atomic E-state index is 0.879. The predicted octanol–water partition coefficient (Wildman–Crippen LogP) is 14.2. The quantitative estimate of drug-likeness (QED) is 0.180. The van der Waals surface area contributed by atoms with E-state index in [-0.39, 0.29) is 0 Å². The Labute approximate surface area is 303 Å². The molecule has 0 amide bonds. The van der Waals surface area contributed by atoms with Crippen LogP contribution >= 0.6 is 11.3 Å². The molecule has 0 bridgehead atoms. The summed E-state index contributed by atoms with van der Waals surface area (Å²) < 4.78 is 11.3. The fraction of sp³-hybridized carbons (Fsp3) is 0. The van der Waals surface area contributed by atoms with Crippen molar-refractivity contribution in [2.45, 2.75) is 0 Å². The maximum Gasteiger partial charge on any atom is 0.137 e. The molecule has 0 atom stereocenters. The summed E-state index contributed by atoms with van der Waals surface area (Å²) in [5.74, 6) is 0. The van der Waals surface area contributed by atoms with Crippen LogP contribution in [-0.2, 0) is 0 Å². The van der Waals surface area contributed by atoms with Crippen LogP contribution in [-0.4, -0.2) is 4.57 Å². The van der Waals surface area contributed by atoms with E-state index in [0.717, 1.165) is 44.7 Å². The van der Waals surface area contributed by atoms with E-state index in [0.29, 0.717) is 0 Å². The normalized spacial score (nSPS) is 11.8. The third-order valence-corrected chi connectivity index (χ3v) is 11.5. The second-order valence-electron chi connectivity index (χ2n) is 13.3. The summed E-state index contributed by atoms with van der Waals surface area (Å²) in [6, 6.07) is 65.5. The molecular formula is C48H30N2OS. The Bertz CT molecular complexity index is 3130. The van der Waals surface area contributed by atoms with Crippen LogP contribution in [0, 0.1) is 0 Å². The molecule has 52 heavy (non-hydrogen) atoms. The Hall–Kier alpha value is -6.62. The standard InChI is InChI=1S/C48H30N2OS/c1-2-11-33(12-3-1)50-41-16-7-4-13-36(41)37-27-23-32(29-43(37)50)31-21-24-34(25-22-31)49(35-26-28-47-40(30-35)38-14-6-9-20-46(38)52-47)42-17-10-19-45-48(42)39-15-5-8-18-44(39)51-45/h1-30H. The van der Waals surface area contributed by atoms with Gasteiger partial charge in [0.25, 0.3) is 0 Å². The zero-order valence-corrected chi connectivity index (χ0v) is 28.8. The van der Waals surface area contributed by atoms with Gasteiger partial charge in [0.15, 0.2) is 0 Å². The molecule has 3 nitrogen and oxygen atoms in total. The first kappa shape index (κ1) is 29.1. The molecule has 0 N–H and O–H groups in total. The van der Waals surface area contributed by atoms with Crippen LogP contribution in [0.2, 0.25) is 0 Å². The van der Waals surface area contributed by atoms with Crippen LogP contribution in [0.1, 0.15) is 0 Å². The number of thiophene rings is 1. The van der Waals surface area contributed by atoms with E-state index in [1.54, 1.807) is 0 Å². The third kappa shape index (κ3) is 4.45. The average molecular weight is 683 g/mol. The van der Waals surface area contributed by atoms with Crippen LogP contribution in [0.3, 0.4) is 0 Å². The maximum absolute atomic E-state index is 6.38. The lowest BCUT2D eigenvalue weighted by Gasteiger charge is -2.26. The van der Waals surface area contributed by atoms with Crippen molar-refractivity contribution < 1.29 is 4.42 Å². The fourth-order valence-corrected chi connectivity index (χ4v) is 9.12. The summed E-state index contributed by atoms with van der Waals surface area (Å²) in [6.45, 7) is 0. The highest BCUT2D eigenvalue weighted by Gasteiger charge is 2.21. The second kappa shape index (κ2) is 11.5. The Morgan fingerprint density at radius 1 is 0.423 bits per heavy atom. The van der Waals surface area contributed by atoms with Crippen molar-refractivity contribution in [1.29, 1.82) is 0 Å². The highest BCUT2D eigenvalue weighted by Crippen LogP contribution is 2.45. The maximum atomic E-state index is 6.38. The summed E-state index contributed by atoms with van der Waals surface area (Å²) in [6.07, 6.45) is 0. The van der Waals surface area contributed by atoms with E-state index >= 15 is 0 Å². The van der Waals surface area contributed by atoms with Gasteiger partial charge in [-0.3, -0.25) is 0 Å². The second-order valence-corrected chi connectivity index (χ2v) is 14.4. The molecule has 0 unspecified atom stereocenters. The average Bonchev–Trinajstić information content (AvgIpc) is 3.88. The number of benzene rings is 8. The van der Waals surface area contributed by atoms with Gasteiger partial charge in [0.1, 0.15) is 11.2 Å². The minimum absolute atomic E-state index is 0.879. The Balaban J connectivity index is 1.09. The molecule has 0 fully saturated rings. The smallest absolute Gasteiger partial charge is 0.137 e. The number of hydrogen-bond donors (Lipinski definition) is 0. The summed E-state index contributed by atoms with van der Waals surface area (Å²) in [5, 5.41) is 7.29. The van der Waals surface area contributed by atoms with Gasteiger partial charge in [0.05, 0.1) is 22.1 Å². The van der Waals surface area contributed by atoms with Crippen LogP contribution in [0.4, 0.5) is 17.1 Å². The molecular weight excluding hydrogens is 653 g/mol. The number of aromatic nitrogens is 1. The van der Waals surface area contributed by atoms with E-state index in [9.17, 15) is 0 Å². The van der Waals surface area contributed by atoms with E-state index in [1.165, 1.54) is 53.1 Å². The van der Waals surface area contributed by atoms with Crippen molar-refractivity contribution in [2.75, 3.05) is 4.90 Å². The highest BCUT2D eigenvalue weighted by atomic mass is 32.1. The van der Waals surface area contributed by atoms with Gasteiger partial charge in [-0.05, 0) is 90.0 Å². The monoisotopic (exact) mass is 682 g/mol. The van der Waals surface area contributed by atoms with Gasteiger partial charge < -0.3 is 13.9 Å². The Morgan fingerprint density at radius 2 is 1.10 bits per heavy atom. The van der Waals surface area contributed by atoms with Gasteiger partial charge in [0, 0.05) is 53.4 Å². The summed E-state index contributed by atoms with van der Waals surface area (Å²) >= 11 is 1.85. The number of nitrogens with zero attached hydrogens (tertiary/aromatic N) is 2. The molecule has 244 valence electrons. The van der Waals surface area contributed by atoms with E-state index in [4.69, 9.17) is 4.42 Å². The van der Waals surface area contributed by atoms with E-state index in [1.807, 2.05) is 17.4 Å². The lowest BCUT2D eigenvalue weighted by atomic mass is 10.0. The molecule has 0 saturated carbocycles. The highest BCUT2D eigenvalue weighted by molar-refractivity contribution is 7.25. The first-order valence-electron chi connectivity index (χ1n) is 17.6. The molecule has 0 aliphatic rings. The van der Waals surface area contributed by atoms with E-state index in [2.05, 4.69) is 185 Å². The van der Waals surface area contributed by atoms with Gasteiger partial charge >= 0.3 is 0 Å². The molecule has 8 aromatic carbocycles. The first-order valence-corrected chi connectivity index (χ1v) is 18.4. The molecule has 3 aromatic heterocycles. The van der Waals surface area contributed by atoms with E-state index < -0.39 is 0 Å². The number of para-hydroxylation sites is 3. The van der Waals surface area contributed by atoms with Crippen molar-refractivity contribution in [2.24, 2.45) is 0 Å². The molecule has 0 aliphatic heterocycles. The molecule has 0 saturated heterocycles. The molecule has 11 aromatic rings. The molecule has 0 spiro atoms. The van der Waals surface area contributed by atoms with Crippen LogP contribution < -0.4 is 4.90 Å². The van der Waals surface area contributed by atoms with Crippen molar-refractivity contribution >= 4 is 92.3 Å². The van der Waals surface area contributed by atoms with Crippen molar-refractivity contribution in [3.05, 3.63) is 182 Å². The summed E-state index contributed by atoms with van der Waals surface area (Å²) in [4.78, 5) is 2.39. The van der Waals surface area contributed by atoms with Crippen molar-refractivity contribution in [1.82, 2.24) is 4.57 Å². The number of furan rings is 1. The number of fused-ring (bicyclic) bond motifs is 9. The Kier molecular flexibility index (Phi) is 6.42. The number of anilines is 3. The topological polar surface area (TPSA) is 21.3 Å². The zero-order valence-electron chi connectivity index (χ0n) is 28.0. The lowest BCUT2D eigenvalue weighted by molar-refractivity contribution is 0.669. The van der Waals surface area contributed by atoms with Gasteiger partial charge in [-0.1, -0.05) is 103 Å². The molecule has 3 heterocycles. The van der Waals surface area contributed by atoms with Gasteiger partial charge in [0.2, 0.25) is 0 Å².